The van der Waals surface area contributed by atoms with Gasteiger partial charge in [-0.2, -0.15) is 0 Å². The van der Waals surface area contributed by atoms with Gasteiger partial charge in [0.25, 0.3) is 0 Å². The van der Waals surface area contributed by atoms with E-state index in [-0.39, 0.29) is 5.16 Å². The fourth-order valence-electron chi connectivity index (χ4n) is 1.86. The average molecular weight is 277 g/mol. The van der Waals surface area contributed by atoms with Crippen molar-refractivity contribution < 1.29 is 4.43 Å². The van der Waals surface area contributed by atoms with Crippen LogP contribution in [0.3, 0.4) is 0 Å². The summed E-state index contributed by atoms with van der Waals surface area (Å²) in [5.74, 6) is 0. The molecule has 0 spiro atoms. The van der Waals surface area contributed by atoms with Crippen LogP contribution in [0.15, 0.2) is 0 Å². The van der Waals surface area contributed by atoms with E-state index < -0.39 is 14.0 Å². The van der Waals surface area contributed by atoms with Crippen molar-refractivity contribution in [3.63, 3.8) is 0 Å². The summed E-state index contributed by atoms with van der Waals surface area (Å²) < 4.78 is 6.14. The summed E-state index contributed by atoms with van der Waals surface area (Å²) in [4.78, 5) is 0. The lowest BCUT2D eigenvalue weighted by Gasteiger charge is -2.43. The molecule has 0 aromatic carbocycles. The first kappa shape index (κ1) is 18.0. The van der Waals surface area contributed by atoms with Gasteiger partial charge in [-0.1, -0.05) is 0 Å². The summed E-state index contributed by atoms with van der Waals surface area (Å²) in [6.07, 6.45) is 1.04. The number of hydrogen-bond donors (Lipinski definition) is 4. The van der Waals surface area contributed by atoms with Crippen LogP contribution in [0.5, 0.6) is 0 Å². The highest BCUT2D eigenvalue weighted by molar-refractivity contribution is 6.75. The monoisotopic (exact) mass is 276 g/mol. The molecule has 0 radical (unpaired) electrons. The Hall–Kier alpha value is 0.0169. The largest absolute Gasteiger partial charge is 0.398 e. The van der Waals surface area contributed by atoms with Crippen molar-refractivity contribution in [3.05, 3.63) is 0 Å². The van der Waals surface area contributed by atoms with Crippen LogP contribution >= 0.6 is 0 Å². The van der Waals surface area contributed by atoms with E-state index in [4.69, 9.17) is 21.6 Å². The Kier molecular flexibility index (Phi) is 6.98. The van der Waals surface area contributed by atoms with Crippen LogP contribution < -0.4 is 22.5 Å². The van der Waals surface area contributed by atoms with E-state index in [2.05, 4.69) is 11.9 Å². The van der Waals surface area contributed by atoms with Crippen molar-refractivity contribution in [2.24, 2.45) is 17.2 Å². The summed E-state index contributed by atoms with van der Waals surface area (Å²) in [6, 6.07) is 0.995. The second-order valence-electron chi connectivity index (χ2n) is 6.30. The number of rotatable bonds is 9. The normalized spacial score (nSPS) is 16.7. The molecule has 0 saturated heterocycles. The number of nitrogens with two attached hydrogens (primary N) is 3. The minimum atomic E-state index is -2.07. The maximum atomic E-state index is 6.30. The third-order valence-electron chi connectivity index (χ3n) is 3.18. The molecule has 0 rings (SSSR count). The predicted molar refractivity (Wildman–Crippen MR) is 80.6 cm³/mol. The molecule has 0 amide bonds. The van der Waals surface area contributed by atoms with E-state index in [1.807, 2.05) is 27.7 Å². The lowest BCUT2D eigenvalue weighted by Crippen LogP contribution is -2.64. The molecule has 0 aromatic rings. The molecule has 0 bridgehead atoms. The molecule has 6 heteroatoms. The Morgan fingerprint density at radius 3 is 2.06 bits per heavy atom. The average Bonchev–Trinajstić information content (AvgIpc) is 2.13. The molecule has 5 nitrogen and oxygen atoms in total. The molecule has 0 aliphatic rings. The molecular formula is C12H32N4OSi. The van der Waals surface area contributed by atoms with Crippen LogP contribution in [0, 0.1) is 0 Å². The summed E-state index contributed by atoms with van der Waals surface area (Å²) >= 11 is 0. The fraction of sp³-hybridized carbons (Fsp3) is 1.00. The zero-order chi connectivity index (χ0) is 14.4. The van der Waals surface area contributed by atoms with Gasteiger partial charge in [-0.3, -0.25) is 0 Å². The van der Waals surface area contributed by atoms with Crippen LogP contribution in [0.25, 0.3) is 0 Å². The SMILES string of the molecule is CC(C)(N)O[Si](C)(CCCNCCN)C(C)(C)N. The Balaban J connectivity index is 4.42. The van der Waals surface area contributed by atoms with Gasteiger partial charge in [-0.25, -0.2) is 0 Å². The van der Waals surface area contributed by atoms with E-state index >= 15 is 0 Å². The topological polar surface area (TPSA) is 99.3 Å². The molecule has 0 aromatic heterocycles. The Morgan fingerprint density at radius 2 is 1.67 bits per heavy atom. The first-order valence-electron chi connectivity index (χ1n) is 6.70. The minimum absolute atomic E-state index is 0.308. The molecule has 18 heavy (non-hydrogen) atoms. The zero-order valence-electron chi connectivity index (χ0n) is 12.7. The minimum Gasteiger partial charge on any atom is -0.398 e. The third-order valence-corrected chi connectivity index (χ3v) is 8.19. The van der Waals surface area contributed by atoms with Gasteiger partial charge in [-0.15, -0.1) is 0 Å². The second kappa shape index (κ2) is 6.98. The van der Waals surface area contributed by atoms with Crippen molar-refractivity contribution >= 4 is 8.32 Å². The second-order valence-corrected chi connectivity index (χ2v) is 10.8. The molecule has 0 fully saturated rings. The van der Waals surface area contributed by atoms with Crippen LogP contribution in [-0.4, -0.2) is 38.8 Å². The zero-order valence-corrected chi connectivity index (χ0v) is 13.7. The van der Waals surface area contributed by atoms with E-state index in [0.29, 0.717) is 6.54 Å². The maximum absolute atomic E-state index is 6.30. The van der Waals surface area contributed by atoms with Crippen LogP contribution in [-0.2, 0) is 4.43 Å². The van der Waals surface area contributed by atoms with Crippen molar-refractivity contribution in [2.45, 2.75) is 57.6 Å². The summed E-state index contributed by atoms with van der Waals surface area (Å²) in [6.45, 7) is 12.5. The van der Waals surface area contributed by atoms with E-state index in [9.17, 15) is 0 Å². The first-order chi connectivity index (χ1) is 8.02. The highest BCUT2D eigenvalue weighted by atomic mass is 28.4. The molecule has 0 aliphatic carbocycles. The van der Waals surface area contributed by atoms with Gasteiger partial charge in [0, 0.05) is 18.3 Å². The lowest BCUT2D eigenvalue weighted by molar-refractivity contribution is 0.0959. The van der Waals surface area contributed by atoms with Crippen molar-refractivity contribution in [2.75, 3.05) is 19.6 Å². The van der Waals surface area contributed by atoms with E-state index in [1.54, 1.807) is 0 Å². The van der Waals surface area contributed by atoms with E-state index in [0.717, 1.165) is 25.6 Å². The quantitative estimate of drug-likeness (QED) is 0.279. The maximum Gasteiger partial charge on any atom is 0.211 e. The van der Waals surface area contributed by atoms with E-state index in [1.165, 1.54) is 0 Å². The Morgan fingerprint density at radius 1 is 1.11 bits per heavy atom. The highest BCUT2D eigenvalue weighted by Gasteiger charge is 2.44. The molecule has 7 N–H and O–H groups in total. The molecule has 0 saturated carbocycles. The molecule has 0 aliphatic heterocycles. The van der Waals surface area contributed by atoms with Gasteiger partial charge in [0.15, 0.2) is 0 Å². The molecule has 0 heterocycles. The smallest absolute Gasteiger partial charge is 0.211 e. The van der Waals surface area contributed by atoms with Gasteiger partial charge in [0.1, 0.15) is 0 Å². The summed E-state index contributed by atoms with van der Waals surface area (Å²) in [5, 5.41) is 2.98. The number of hydrogen-bond acceptors (Lipinski definition) is 5. The van der Waals surface area contributed by atoms with Crippen molar-refractivity contribution in [3.8, 4) is 0 Å². The van der Waals surface area contributed by atoms with Gasteiger partial charge in [0.05, 0.1) is 5.72 Å². The molecular weight excluding hydrogens is 244 g/mol. The predicted octanol–water partition coefficient (Wildman–Crippen LogP) is 0.488. The molecule has 1 atom stereocenters. The van der Waals surface area contributed by atoms with Gasteiger partial charge in [0.2, 0.25) is 8.32 Å². The Labute approximate surface area is 113 Å². The standard InChI is InChI=1S/C12H32N4OSi/c1-11(2,14)17-18(5,12(3,4)15)10-6-8-16-9-7-13/h16H,6-10,13-15H2,1-5H3. The van der Waals surface area contributed by atoms with Gasteiger partial charge in [-0.05, 0) is 53.3 Å². The first-order valence-corrected chi connectivity index (χ1v) is 9.32. The highest BCUT2D eigenvalue weighted by Crippen LogP contribution is 2.28. The lowest BCUT2D eigenvalue weighted by atomic mass is 10.4. The Bertz CT molecular complexity index is 237. The van der Waals surface area contributed by atoms with Gasteiger partial charge >= 0.3 is 0 Å². The molecule has 110 valence electrons. The van der Waals surface area contributed by atoms with Crippen LogP contribution in [0.1, 0.15) is 34.1 Å². The van der Waals surface area contributed by atoms with Gasteiger partial charge < -0.3 is 26.9 Å². The number of nitrogens with one attached hydrogen (secondary N) is 1. The van der Waals surface area contributed by atoms with Crippen molar-refractivity contribution in [1.29, 1.82) is 0 Å². The third kappa shape index (κ3) is 6.82. The summed E-state index contributed by atoms with van der Waals surface area (Å²) in [5.41, 5.74) is 17.1. The van der Waals surface area contributed by atoms with Crippen LogP contribution in [0.4, 0.5) is 0 Å². The fourth-order valence-corrected chi connectivity index (χ4v) is 4.89. The van der Waals surface area contributed by atoms with Crippen molar-refractivity contribution in [1.82, 2.24) is 5.32 Å². The van der Waals surface area contributed by atoms with Crippen LogP contribution in [0.2, 0.25) is 12.6 Å². The molecule has 1 unspecified atom stereocenters. The summed E-state index contributed by atoms with van der Waals surface area (Å²) in [7, 11) is -2.07.